The summed E-state index contributed by atoms with van der Waals surface area (Å²) >= 11 is 0. The van der Waals surface area contributed by atoms with E-state index in [1.165, 1.54) is 13.8 Å². The third-order valence-electron chi connectivity index (χ3n) is 1.09. The van der Waals surface area contributed by atoms with E-state index in [1.54, 1.807) is 0 Å². The van der Waals surface area contributed by atoms with Crippen LogP contribution in [0.25, 0.3) is 0 Å². The van der Waals surface area contributed by atoms with Crippen molar-refractivity contribution in [2.24, 2.45) is 16.7 Å². The predicted octanol–water partition coefficient (Wildman–Crippen LogP) is -0.212. The number of rotatable bonds is 2. The Bertz CT molecular complexity index is 227. The van der Waals surface area contributed by atoms with Gasteiger partial charge in [0.1, 0.15) is 5.71 Å². The van der Waals surface area contributed by atoms with E-state index in [1.807, 2.05) is 0 Å². The van der Waals surface area contributed by atoms with Crippen molar-refractivity contribution in [3.63, 3.8) is 0 Å². The first-order valence-corrected chi connectivity index (χ1v) is 2.86. The van der Waals surface area contributed by atoms with Crippen molar-refractivity contribution in [3.8, 4) is 0 Å². The standard InChI is InChI=1S/C5H10N4O2/c1-3(6)5(9(10)11)4(2)8-7/h6-7H2,1-2H3. The van der Waals surface area contributed by atoms with Gasteiger partial charge in [0.25, 0.3) is 0 Å². The van der Waals surface area contributed by atoms with Crippen LogP contribution >= 0.6 is 0 Å². The molecule has 0 spiro atoms. The molecule has 0 heterocycles. The number of hydrogen-bond acceptors (Lipinski definition) is 5. The largest absolute Gasteiger partial charge is 0.397 e. The van der Waals surface area contributed by atoms with Crippen molar-refractivity contribution < 1.29 is 4.92 Å². The molecule has 0 aliphatic heterocycles. The van der Waals surface area contributed by atoms with E-state index in [0.717, 1.165) is 0 Å². The van der Waals surface area contributed by atoms with Gasteiger partial charge in [-0.1, -0.05) is 0 Å². The second-order valence-electron chi connectivity index (χ2n) is 2.00. The van der Waals surface area contributed by atoms with Crippen LogP contribution in [0.3, 0.4) is 0 Å². The molecule has 0 aromatic heterocycles. The SMILES string of the molecule is CC(=NN)C(=C(C)N)[N+](=O)[O-]. The summed E-state index contributed by atoms with van der Waals surface area (Å²) < 4.78 is 0. The summed E-state index contributed by atoms with van der Waals surface area (Å²) in [6.45, 7) is 2.85. The maximum Gasteiger partial charge on any atom is 0.310 e. The maximum absolute atomic E-state index is 10.3. The Kier molecular flexibility index (Phi) is 3.03. The molecule has 11 heavy (non-hydrogen) atoms. The lowest BCUT2D eigenvalue weighted by atomic mass is 10.2. The molecule has 4 N–H and O–H groups in total. The van der Waals surface area contributed by atoms with Crippen LogP contribution in [0.4, 0.5) is 0 Å². The molecule has 0 radical (unpaired) electrons. The molecular formula is C5H10N4O2. The van der Waals surface area contributed by atoms with Crippen molar-refractivity contribution in [1.82, 2.24) is 0 Å². The minimum absolute atomic E-state index is 0.0988. The summed E-state index contributed by atoms with van der Waals surface area (Å²) in [6, 6.07) is 0. The molecule has 6 heteroatoms. The Labute approximate surface area is 63.7 Å². The van der Waals surface area contributed by atoms with Crippen LogP contribution < -0.4 is 11.6 Å². The third-order valence-corrected chi connectivity index (χ3v) is 1.09. The van der Waals surface area contributed by atoms with Gasteiger partial charge in [0.15, 0.2) is 0 Å². The van der Waals surface area contributed by atoms with E-state index in [4.69, 9.17) is 11.6 Å². The average Bonchev–Trinajstić information content (AvgIpc) is 1.85. The fraction of sp³-hybridized carbons (Fsp3) is 0.400. The fourth-order valence-corrected chi connectivity index (χ4v) is 0.623. The Morgan fingerprint density at radius 2 is 2.00 bits per heavy atom. The highest BCUT2D eigenvalue weighted by molar-refractivity contribution is 5.96. The normalized spacial score (nSPS) is 14.2. The molecular weight excluding hydrogens is 148 g/mol. The first kappa shape index (κ1) is 9.41. The molecule has 0 saturated carbocycles. The van der Waals surface area contributed by atoms with Crippen molar-refractivity contribution in [1.29, 1.82) is 0 Å². The summed E-state index contributed by atoms with van der Waals surface area (Å²) in [4.78, 5) is 9.66. The fourth-order valence-electron chi connectivity index (χ4n) is 0.623. The van der Waals surface area contributed by atoms with Crippen molar-refractivity contribution >= 4 is 5.71 Å². The van der Waals surface area contributed by atoms with E-state index < -0.39 is 4.92 Å². The minimum Gasteiger partial charge on any atom is -0.397 e. The second-order valence-corrected chi connectivity index (χ2v) is 2.00. The maximum atomic E-state index is 10.3. The van der Waals surface area contributed by atoms with Crippen LogP contribution in [-0.4, -0.2) is 10.6 Å². The first-order valence-electron chi connectivity index (χ1n) is 2.86. The van der Waals surface area contributed by atoms with Gasteiger partial charge in [0.2, 0.25) is 0 Å². The number of allylic oxidation sites excluding steroid dienone is 2. The van der Waals surface area contributed by atoms with Gasteiger partial charge in [0.05, 0.1) is 10.6 Å². The molecule has 0 saturated heterocycles. The predicted molar refractivity (Wildman–Crippen MR) is 41.2 cm³/mol. The van der Waals surface area contributed by atoms with E-state index >= 15 is 0 Å². The summed E-state index contributed by atoms with van der Waals surface area (Å²) in [7, 11) is 0. The van der Waals surface area contributed by atoms with Crippen LogP contribution in [0.2, 0.25) is 0 Å². The van der Waals surface area contributed by atoms with Crippen LogP contribution in [0.1, 0.15) is 13.8 Å². The van der Waals surface area contributed by atoms with E-state index in [-0.39, 0.29) is 17.1 Å². The summed E-state index contributed by atoms with van der Waals surface area (Å²) in [5.41, 5.74) is 5.21. The lowest BCUT2D eigenvalue weighted by Crippen LogP contribution is -2.15. The zero-order valence-corrected chi connectivity index (χ0v) is 6.37. The van der Waals surface area contributed by atoms with Gasteiger partial charge in [0, 0.05) is 0 Å². The van der Waals surface area contributed by atoms with Gasteiger partial charge >= 0.3 is 5.70 Å². The average molecular weight is 158 g/mol. The molecule has 0 aliphatic carbocycles. The molecule has 0 amide bonds. The van der Waals surface area contributed by atoms with Gasteiger partial charge in [-0.05, 0) is 13.8 Å². The summed E-state index contributed by atoms with van der Waals surface area (Å²) in [5.74, 6) is 4.84. The molecule has 0 unspecified atom stereocenters. The number of nitrogens with two attached hydrogens (primary N) is 2. The van der Waals surface area contributed by atoms with Gasteiger partial charge in [-0.2, -0.15) is 5.10 Å². The van der Waals surface area contributed by atoms with Crippen LogP contribution in [0, 0.1) is 10.1 Å². The zero-order chi connectivity index (χ0) is 9.02. The topological polar surface area (TPSA) is 108 Å². The Morgan fingerprint density at radius 3 is 2.09 bits per heavy atom. The minimum atomic E-state index is -0.610. The Morgan fingerprint density at radius 1 is 1.55 bits per heavy atom. The lowest BCUT2D eigenvalue weighted by Gasteiger charge is -1.97. The van der Waals surface area contributed by atoms with E-state index in [9.17, 15) is 10.1 Å². The molecule has 0 bridgehead atoms. The molecule has 62 valence electrons. The first-order chi connectivity index (χ1) is 5.00. The van der Waals surface area contributed by atoms with E-state index in [2.05, 4.69) is 5.10 Å². The molecule has 0 aromatic rings. The molecule has 6 nitrogen and oxygen atoms in total. The zero-order valence-electron chi connectivity index (χ0n) is 6.37. The molecule has 0 fully saturated rings. The van der Waals surface area contributed by atoms with Crippen molar-refractivity contribution in [2.45, 2.75) is 13.8 Å². The van der Waals surface area contributed by atoms with E-state index in [0.29, 0.717) is 0 Å². The molecule has 0 atom stereocenters. The van der Waals surface area contributed by atoms with Gasteiger partial charge in [-0.15, -0.1) is 0 Å². The molecule has 0 rings (SSSR count). The van der Waals surface area contributed by atoms with Crippen LogP contribution in [0.15, 0.2) is 16.5 Å². The highest BCUT2D eigenvalue weighted by Crippen LogP contribution is 2.01. The smallest absolute Gasteiger partial charge is 0.310 e. The number of nitro groups is 1. The van der Waals surface area contributed by atoms with Gasteiger partial charge < -0.3 is 11.6 Å². The summed E-state index contributed by atoms with van der Waals surface area (Å²) in [5, 5.41) is 13.4. The summed E-state index contributed by atoms with van der Waals surface area (Å²) in [6.07, 6.45) is 0. The lowest BCUT2D eigenvalue weighted by molar-refractivity contribution is -0.416. The van der Waals surface area contributed by atoms with Crippen LogP contribution in [-0.2, 0) is 0 Å². The van der Waals surface area contributed by atoms with Gasteiger partial charge in [-0.3, -0.25) is 10.1 Å². The van der Waals surface area contributed by atoms with Crippen LogP contribution in [0.5, 0.6) is 0 Å². The number of hydrazone groups is 1. The highest BCUT2D eigenvalue weighted by Gasteiger charge is 2.17. The number of nitrogens with zero attached hydrogens (tertiary/aromatic N) is 2. The van der Waals surface area contributed by atoms with Crippen molar-refractivity contribution in [2.75, 3.05) is 0 Å². The van der Waals surface area contributed by atoms with Crippen molar-refractivity contribution in [3.05, 3.63) is 21.5 Å². The second kappa shape index (κ2) is 3.55. The molecule has 0 aromatic carbocycles. The third kappa shape index (κ3) is 2.24. The molecule has 0 aliphatic rings. The highest BCUT2D eigenvalue weighted by atomic mass is 16.6. The Hall–Kier alpha value is -1.59. The van der Waals surface area contributed by atoms with Gasteiger partial charge in [-0.25, -0.2) is 0 Å². The monoisotopic (exact) mass is 158 g/mol. The number of hydrogen-bond donors (Lipinski definition) is 2. The Balaban J connectivity index is 4.95. The quantitative estimate of drug-likeness (QED) is 0.251.